The highest BCUT2D eigenvalue weighted by Gasteiger charge is 2.37. The topological polar surface area (TPSA) is 49.4 Å². The van der Waals surface area contributed by atoms with Gasteiger partial charge in [0.2, 0.25) is 11.8 Å². The Morgan fingerprint density at radius 1 is 1.42 bits per heavy atom. The lowest BCUT2D eigenvalue weighted by molar-refractivity contribution is -0.132. The highest BCUT2D eigenvalue weighted by molar-refractivity contribution is 7.98. The molecule has 1 aliphatic heterocycles. The number of anilines is 1. The number of amides is 2. The minimum Gasteiger partial charge on any atom is -0.355 e. The van der Waals surface area contributed by atoms with E-state index in [0.717, 1.165) is 11.4 Å². The first-order valence-electron chi connectivity index (χ1n) is 6.37. The van der Waals surface area contributed by atoms with Crippen LogP contribution in [0.25, 0.3) is 0 Å². The summed E-state index contributed by atoms with van der Waals surface area (Å²) in [5.74, 6) is 0.113. The average Bonchev–Trinajstić information content (AvgIpc) is 2.82. The van der Waals surface area contributed by atoms with Crippen molar-refractivity contribution in [3.63, 3.8) is 0 Å². The van der Waals surface area contributed by atoms with Gasteiger partial charge < -0.3 is 10.2 Å². The van der Waals surface area contributed by atoms with E-state index in [4.69, 9.17) is 0 Å². The summed E-state index contributed by atoms with van der Waals surface area (Å²) in [5, 5.41) is 2.82. The predicted molar refractivity (Wildman–Crippen MR) is 78.3 cm³/mol. The monoisotopic (exact) mass is 278 g/mol. The number of hydrogen-bond donors (Lipinski definition) is 1. The molecule has 1 N–H and O–H groups in total. The summed E-state index contributed by atoms with van der Waals surface area (Å²) in [6.45, 7) is 1.23. The van der Waals surface area contributed by atoms with E-state index in [0.29, 0.717) is 19.5 Å². The second-order valence-electron chi connectivity index (χ2n) is 4.45. The molecule has 102 valence electrons. The second-order valence-corrected chi connectivity index (χ2v) is 5.44. The molecule has 1 atom stereocenters. The Balaban J connectivity index is 1.96. The van der Waals surface area contributed by atoms with Gasteiger partial charge in [0, 0.05) is 24.5 Å². The summed E-state index contributed by atoms with van der Waals surface area (Å²) < 4.78 is 0. The van der Waals surface area contributed by atoms with Gasteiger partial charge in [0.15, 0.2) is 0 Å². The first-order chi connectivity index (χ1) is 9.24. The van der Waals surface area contributed by atoms with Gasteiger partial charge in [0.1, 0.15) is 5.92 Å². The van der Waals surface area contributed by atoms with Crippen LogP contribution in [0.15, 0.2) is 30.3 Å². The lowest BCUT2D eigenvalue weighted by atomic mass is 10.1. The van der Waals surface area contributed by atoms with Crippen LogP contribution in [0.1, 0.15) is 6.42 Å². The number of benzene rings is 1. The van der Waals surface area contributed by atoms with Crippen LogP contribution in [0.3, 0.4) is 0 Å². The third-order valence-corrected chi connectivity index (χ3v) is 3.81. The lowest BCUT2D eigenvalue weighted by Gasteiger charge is -2.16. The van der Waals surface area contributed by atoms with Crippen LogP contribution in [0, 0.1) is 5.92 Å². The van der Waals surface area contributed by atoms with Crippen LogP contribution < -0.4 is 10.2 Å². The zero-order valence-electron chi connectivity index (χ0n) is 11.0. The van der Waals surface area contributed by atoms with Gasteiger partial charge in [-0.2, -0.15) is 11.8 Å². The molecule has 1 saturated heterocycles. The molecule has 1 heterocycles. The van der Waals surface area contributed by atoms with Crippen molar-refractivity contribution in [2.24, 2.45) is 5.92 Å². The number of nitrogens with zero attached hydrogens (tertiary/aromatic N) is 1. The Labute approximate surface area is 117 Å². The van der Waals surface area contributed by atoms with Crippen molar-refractivity contribution in [2.75, 3.05) is 30.0 Å². The van der Waals surface area contributed by atoms with Crippen LogP contribution in [0.5, 0.6) is 0 Å². The molecule has 19 heavy (non-hydrogen) atoms. The van der Waals surface area contributed by atoms with Crippen LogP contribution >= 0.6 is 11.8 Å². The highest BCUT2D eigenvalue weighted by Crippen LogP contribution is 2.24. The van der Waals surface area contributed by atoms with Gasteiger partial charge in [-0.1, -0.05) is 18.2 Å². The largest absolute Gasteiger partial charge is 0.355 e. The standard InChI is InChI=1S/C14H18N2O2S/c1-19-10-8-15-13(17)12-7-9-16(14(12)18)11-5-3-2-4-6-11/h2-6,12H,7-10H2,1H3,(H,15,17)/t12-/m0/s1. The van der Waals surface area contributed by atoms with Crippen molar-refractivity contribution >= 4 is 29.3 Å². The quantitative estimate of drug-likeness (QED) is 0.656. The fourth-order valence-corrected chi connectivity index (χ4v) is 2.49. The van der Waals surface area contributed by atoms with E-state index in [-0.39, 0.29) is 11.8 Å². The molecular weight excluding hydrogens is 260 g/mol. The van der Waals surface area contributed by atoms with Gasteiger partial charge in [-0.15, -0.1) is 0 Å². The number of carbonyl (C=O) groups is 2. The summed E-state index contributed by atoms with van der Waals surface area (Å²) in [6.07, 6.45) is 2.59. The van der Waals surface area contributed by atoms with Gasteiger partial charge in [0.05, 0.1) is 0 Å². The number of rotatable bonds is 5. The number of thioether (sulfide) groups is 1. The fourth-order valence-electron chi connectivity index (χ4n) is 2.19. The minimum absolute atomic E-state index is 0.0900. The average molecular weight is 278 g/mol. The molecule has 1 aromatic carbocycles. The molecule has 5 heteroatoms. The van der Waals surface area contributed by atoms with Crippen molar-refractivity contribution in [3.8, 4) is 0 Å². The van der Waals surface area contributed by atoms with Gasteiger partial charge in [0.25, 0.3) is 0 Å². The van der Waals surface area contributed by atoms with Crippen molar-refractivity contribution < 1.29 is 9.59 Å². The first kappa shape index (κ1) is 13.9. The van der Waals surface area contributed by atoms with E-state index in [2.05, 4.69) is 5.32 Å². The predicted octanol–water partition coefficient (Wildman–Crippen LogP) is 1.52. The Bertz CT molecular complexity index is 450. The van der Waals surface area contributed by atoms with Crippen molar-refractivity contribution in [1.29, 1.82) is 0 Å². The first-order valence-corrected chi connectivity index (χ1v) is 7.76. The minimum atomic E-state index is -0.526. The molecule has 0 aromatic heterocycles. The van der Waals surface area contributed by atoms with Gasteiger partial charge in [-0.3, -0.25) is 9.59 Å². The summed E-state index contributed by atoms with van der Waals surface area (Å²) in [7, 11) is 0. The van der Waals surface area contributed by atoms with E-state index in [9.17, 15) is 9.59 Å². The van der Waals surface area contributed by atoms with Crippen LogP contribution in [0.2, 0.25) is 0 Å². The molecule has 0 bridgehead atoms. The maximum atomic E-state index is 12.2. The number of para-hydroxylation sites is 1. The molecular formula is C14H18N2O2S. The van der Waals surface area contributed by atoms with Gasteiger partial charge >= 0.3 is 0 Å². The van der Waals surface area contributed by atoms with Crippen LogP contribution in [-0.4, -0.2) is 36.9 Å². The summed E-state index contributed by atoms with van der Waals surface area (Å²) >= 11 is 1.67. The van der Waals surface area contributed by atoms with Crippen molar-refractivity contribution in [1.82, 2.24) is 5.32 Å². The van der Waals surface area contributed by atoms with Gasteiger partial charge in [-0.05, 0) is 24.8 Å². The van der Waals surface area contributed by atoms with E-state index < -0.39 is 5.92 Å². The SMILES string of the molecule is CSCCNC(=O)[C@@H]1CCN(c2ccccc2)C1=O. The molecule has 0 saturated carbocycles. The molecule has 0 radical (unpaired) electrons. The van der Waals surface area contributed by atoms with E-state index in [1.54, 1.807) is 16.7 Å². The molecule has 0 unspecified atom stereocenters. The number of hydrogen-bond acceptors (Lipinski definition) is 3. The molecule has 1 aliphatic rings. The Kier molecular flexibility index (Phi) is 4.85. The molecule has 2 amide bonds. The normalized spacial score (nSPS) is 18.7. The van der Waals surface area contributed by atoms with Crippen molar-refractivity contribution in [2.45, 2.75) is 6.42 Å². The summed E-state index contributed by atoms with van der Waals surface area (Å²) in [5.41, 5.74) is 0.868. The Hall–Kier alpha value is -1.49. The number of nitrogens with one attached hydrogen (secondary N) is 1. The zero-order valence-corrected chi connectivity index (χ0v) is 11.8. The third-order valence-electron chi connectivity index (χ3n) is 3.20. The fraction of sp³-hybridized carbons (Fsp3) is 0.429. The highest BCUT2D eigenvalue weighted by atomic mass is 32.2. The van der Waals surface area contributed by atoms with Crippen LogP contribution in [-0.2, 0) is 9.59 Å². The van der Waals surface area contributed by atoms with E-state index in [1.807, 2.05) is 36.6 Å². The van der Waals surface area contributed by atoms with E-state index >= 15 is 0 Å². The maximum Gasteiger partial charge on any atom is 0.239 e. The maximum absolute atomic E-state index is 12.2. The molecule has 4 nitrogen and oxygen atoms in total. The lowest BCUT2D eigenvalue weighted by Crippen LogP contribution is -2.37. The molecule has 0 spiro atoms. The zero-order chi connectivity index (χ0) is 13.7. The third kappa shape index (κ3) is 3.29. The second kappa shape index (κ2) is 6.61. The Morgan fingerprint density at radius 3 is 2.84 bits per heavy atom. The van der Waals surface area contributed by atoms with E-state index in [1.165, 1.54) is 0 Å². The Morgan fingerprint density at radius 2 is 2.16 bits per heavy atom. The molecule has 0 aliphatic carbocycles. The summed E-state index contributed by atoms with van der Waals surface area (Å²) in [6, 6.07) is 9.50. The van der Waals surface area contributed by atoms with Crippen LogP contribution in [0.4, 0.5) is 5.69 Å². The molecule has 2 rings (SSSR count). The molecule has 1 fully saturated rings. The number of carbonyl (C=O) groups excluding carboxylic acids is 2. The smallest absolute Gasteiger partial charge is 0.239 e. The van der Waals surface area contributed by atoms with Gasteiger partial charge in [-0.25, -0.2) is 0 Å². The summed E-state index contributed by atoms with van der Waals surface area (Å²) in [4.78, 5) is 25.9. The van der Waals surface area contributed by atoms with Crippen molar-refractivity contribution in [3.05, 3.63) is 30.3 Å². The molecule has 1 aromatic rings.